The van der Waals surface area contributed by atoms with Crippen molar-refractivity contribution >= 4 is 45.9 Å². The Bertz CT molecular complexity index is 915. The van der Waals surface area contributed by atoms with Gasteiger partial charge in [0.2, 0.25) is 0 Å². The molecule has 0 aliphatic carbocycles. The molecule has 26 heavy (non-hydrogen) atoms. The van der Waals surface area contributed by atoms with Gasteiger partial charge in [0.15, 0.2) is 0 Å². The van der Waals surface area contributed by atoms with Crippen LogP contribution in [-0.2, 0) is 20.9 Å². The number of methoxy groups -OCH3 is 1. The fraction of sp³-hybridized carbons (Fsp3) is 0.316. The van der Waals surface area contributed by atoms with Crippen molar-refractivity contribution in [1.29, 1.82) is 0 Å². The van der Waals surface area contributed by atoms with E-state index >= 15 is 0 Å². The number of amides is 2. The maximum absolute atomic E-state index is 12.6. The summed E-state index contributed by atoms with van der Waals surface area (Å²) in [7, 11) is 1.35. The molecule has 1 aliphatic rings. The molecule has 1 atom stereocenters. The number of carbonyl (C=O) groups is 3. The molecule has 1 saturated heterocycles. The number of rotatable bonds is 5. The first-order chi connectivity index (χ1) is 12.5. The SMILES string of the molecule is CC[C@H](C)N1C(=O)S/C(=C/c2cn(CC(=O)OC)c3ccccc23)C1=O. The molecular formula is C19H20N2O4S. The third kappa shape index (κ3) is 3.26. The molecule has 1 fully saturated rings. The molecule has 1 aromatic carbocycles. The van der Waals surface area contributed by atoms with Gasteiger partial charge in [0.05, 0.1) is 12.0 Å². The number of ether oxygens (including phenoxy) is 1. The monoisotopic (exact) mass is 372 g/mol. The average Bonchev–Trinajstić information content (AvgIpc) is 3.12. The van der Waals surface area contributed by atoms with Gasteiger partial charge in [-0.2, -0.15) is 0 Å². The normalized spacial score (nSPS) is 17.3. The fourth-order valence-corrected chi connectivity index (χ4v) is 3.83. The average molecular weight is 372 g/mol. The van der Waals surface area contributed by atoms with Crippen LogP contribution in [0.4, 0.5) is 4.79 Å². The summed E-state index contributed by atoms with van der Waals surface area (Å²) in [5.41, 5.74) is 1.66. The van der Waals surface area contributed by atoms with Crippen molar-refractivity contribution in [2.24, 2.45) is 0 Å². The number of thioether (sulfide) groups is 1. The van der Waals surface area contributed by atoms with Gasteiger partial charge in [-0.05, 0) is 37.2 Å². The van der Waals surface area contributed by atoms with Crippen LogP contribution in [0.5, 0.6) is 0 Å². The van der Waals surface area contributed by atoms with Crippen molar-refractivity contribution in [3.63, 3.8) is 0 Å². The number of carbonyl (C=O) groups excluding carboxylic acids is 3. The highest BCUT2D eigenvalue weighted by Crippen LogP contribution is 2.35. The van der Waals surface area contributed by atoms with Gasteiger partial charge >= 0.3 is 5.97 Å². The molecule has 1 aromatic heterocycles. The highest BCUT2D eigenvalue weighted by molar-refractivity contribution is 8.18. The molecule has 0 saturated carbocycles. The van der Waals surface area contributed by atoms with Crippen LogP contribution in [0.15, 0.2) is 35.4 Å². The van der Waals surface area contributed by atoms with E-state index in [0.29, 0.717) is 11.3 Å². The van der Waals surface area contributed by atoms with Crippen LogP contribution in [-0.4, -0.2) is 39.7 Å². The summed E-state index contributed by atoms with van der Waals surface area (Å²) in [6.45, 7) is 3.89. The van der Waals surface area contributed by atoms with E-state index in [1.807, 2.05) is 38.1 Å². The molecule has 2 heterocycles. The van der Waals surface area contributed by atoms with Gasteiger partial charge < -0.3 is 9.30 Å². The predicted molar refractivity (Wildman–Crippen MR) is 102 cm³/mol. The minimum absolute atomic E-state index is 0.0825. The number of hydrogen-bond donors (Lipinski definition) is 0. The zero-order valence-electron chi connectivity index (χ0n) is 14.9. The quantitative estimate of drug-likeness (QED) is 0.592. The first-order valence-corrected chi connectivity index (χ1v) is 9.19. The number of para-hydroxylation sites is 1. The lowest BCUT2D eigenvalue weighted by molar-refractivity contribution is -0.141. The number of imide groups is 1. The van der Waals surface area contributed by atoms with Crippen molar-refractivity contribution in [2.75, 3.05) is 7.11 Å². The van der Waals surface area contributed by atoms with Crippen LogP contribution < -0.4 is 0 Å². The minimum Gasteiger partial charge on any atom is -0.468 e. The van der Waals surface area contributed by atoms with Gasteiger partial charge in [-0.1, -0.05) is 25.1 Å². The Labute approximate surface area is 155 Å². The van der Waals surface area contributed by atoms with Crippen LogP contribution in [0.25, 0.3) is 17.0 Å². The molecule has 2 aromatic rings. The Balaban J connectivity index is 2.01. The number of esters is 1. The second-order valence-corrected chi connectivity index (χ2v) is 7.11. The van der Waals surface area contributed by atoms with Crippen LogP contribution in [0.1, 0.15) is 25.8 Å². The van der Waals surface area contributed by atoms with Gasteiger partial charge in [0, 0.05) is 28.7 Å². The molecule has 0 bridgehead atoms. The molecule has 0 unspecified atom stereocenters. The first-order valence-electron chi connectivity index (χ1n) is 8.38. The van der Waals surface area contributed by atoms with Gasteiger partial charge in [-0.25, -0.2) is 0 Å². The molecule has 2 amide bonds. The van der Waals surface area contributed by atoms with E-state index in [2.05, 4.69) is 0 Å². The maximum Gasteiger partial charge on any atom is 0.325 e. The van der Waals surface area contributed by atoms with E-state index in [-0.39, 0.29) is 29.7 Å². The van der Waals surface area contributed by atoms with Crippen molar-refractivity contribution in [1.82, 2.24) is 9.47 Å². The second kappa shape index (κ2) is 7.37. The Kier molecular flexibility index (Phi) is 5.18. The largest absolute Gasteiger partial charge is 0.468 e. The van der Waals surface area contributed by atoms with E-state index in [1.165, 1.54) is 12.0 Å². The van der Waals surface area contributed by atoms with Gasteiger partial charge in [0.1, 0.15) is 6.54 Å². The molecule has 0 radical (unpaired) electrons. The highest BCUT2D eigenvalue weighted by atomic mass is 32.2. The number of fused-ring (bicyclic) bond motifs is 1. The van der Waals surface area contributed by atoms with E-state index in [0.717, 1.165) is 28.2 Å². The summed E-state index contributed by atoms with van der Waals surface area (Å²) in [6.07, 6.45) is 4.24. The molecule has 0 N–H and O–H groups in total. The van der Waals surface area contributed by atoms with Crippen molar-refractivity contribution < 1.29 is 19.1 Å². The van der Waals surface area contributed by atoms with Crippen LogP contribution in [0.2, 0.25) is 0 Å². The standard InChI is InChI=1S/C19H20N2O4S/c1-4-12(2)21-18(23)16(26-19(21)24)9-13-10-20(11-17(22)25-3)15-8-6-5-7-14(13)15/h5-10,12H,4,11H2,1-3H3/b16-9+/t12-/m0/s1. The van der Waals surface area contributed by atoms with E-state index in [9.17, 15) is 14.4 Å². The van der Waals surface area contributed by atoms with Crippen LogP contribution in [0, 0.1) is 0 Å². The highest BCUT2D eigenvalue weighted by Gasteiger charge is 2.37. The summed E-state index contributed by atoms with van der Waals surface area (Å²) >= 11 is 0.954. The van der Waals surface area contributed by atoms with Crippen LogP contribution >= 0.6 is 11.8 Å². The molecule has 1 aliphatic heterocycles. The topological polar surface area (TPSA) is 68.6 Å². The van der Waals surface area contributed by atoms with Crippen LogP contribution in [0.3, 0.4) is 0 Å². The predicted octanol–water partition coefficient (Wildman–Crippen LogP) is 3.65. The summed E-state index contributed by atoms with van der Waals surface area (Å²) in [5, 5.41) is 0.667. The number of nitrogens with zero attached hydrogens (tertiary/aromatic N) is 2. The summed E-state index contributed by atoms with van der Waals surface area (Å²) in [4.78, 5) is 38.2. The first kappa shape index (κ1) is 18.3. The van der Waals surface area contributed by atoms with E-state index in [1.54, 1.807) is 16.8 Å². The van der Waals surface area contributed by atoms with Gasteiger partial charge in [0.25, 0.3) is 11.1 Å². The van der Waals surface area contributed by atoms with E-state index in [4.69, 9.17) is 4.74 Å². The minimum atomic E-state index is -0.352. The molecule has 0 spiro atoms. The summed E-state index contributed by atoms with van der Waals surface area (Å²) in [6, 6.07) is 7.48. The second-order valence-electron chi connectivity index (χ2n) is 6.11. The zero-order chi connectivity index (χ0) is 18.8. The van der Waals surface area contributed by atoms with Gasteiger partial charge in [-0.15, -0.1) is 0 Å². The van der Waals surface area contributed by atoms with Crippen molar-refractivity contribution in [3.05, 3.63) is 40.9 Å². The molecule has 3 rings (SSSR count). The maximum atomic E-state index is 12.6. The Morgan fingerprint density at radius 3 is 2.73 bits per heavy atom. The third-order valence-electron chi connectivity index (χ3n) is 4.49. The van der Waals surface area contributed by atoms with Crippen molar-refractivity contribution in [3.8, 4) is 0 Å². The van der Waals surface area contributed by atoms with Crippen molar-refractivity contribution in [2.45, 2.75) is 32.9 Å². The number of hydrogen-bond acceptors (Lipinski definition) is 5. The number of aromatic nitrogens is 1. The molecule has 6 nitrogen and oxygen atoms in total. The Morgan fingerprint density at radius 1 is 1.31 bits per heavy atom. The Morgan fingerprint density at radius 2 is 2.04 bits per heavy atom. The van der Waals surface area contributed by atoms with Gasteiger partial charge in [-0.3, -0.25) is 19.3 Å². The fourth-order valence-electron chi connectivity index (χ4n) is 2.91. The third-order valence-corrected chi connectivity index (χ3v) is 5.37. The lowest BCUT2D eigenvalue weighted by atomic mass is 10.1. The van der Waals surface area contributed by atoms with E-state index < -0.39 is 0 Å². The molecule has 7 heteroatoms. The Hall–Kier alpha value is -2.54. The molecule has 136 valence electrons. The lowest BCUT2D eigenvalue weighted by Crippen LogP contribution is -2.36. The lowest BCUT2D eigenvalue weighted by Gasteiger charge is -2.19. The summed E-state index contributed by atoms with van der Waals surface area (Å²) in [5.74, 6) is -0.617. The summed E-state index contributed by atoms with van der Waals surface area (Å²) < 4.78 is 6.53. The smallest absolute Gasteiger partial charge is 0.325 e. The molecular weight excluding hydrogens is 352 g/mol. The number of benzene rings is 1. The zero-order valence-corrected chi connectivity index (χ0v) is 15.7.